The first-order valence-corrected chi connectivity index (χ1v) is 13.6. The lowest BCUT2D eigenvalue weighted by Gasteiger charge is -2.11. The third-order valence-electron chi connectivity index (χ3n) is 5.94. The van der Waals surface area contributed by atoms with Gasteiger partial charge < -0.3 is 4.74 Å². The third-order valence-corrected chi connectivity index (χ3v) is 7.11. The van der Waals surface area contributed by atoms with Crippen molar-refractivity contribution in [3.8, 4) is 17.0 Å². The molecule has 8 nitrogen and oxygen atoms in total. The summed E-state index contributed by atoms with van der Waals surface area (Å²) in [6.45, 7) is 0.146. The smallest absolute Gasteiger partial charge is 0.272 e. The number of benzene rings is 4. The van der Waals surface area contributed by atoms with Gasteiger partial charge in [-0.05, 0) is 67.3 Å². The van der Waals surface area contributed by atoms with Crippen molar-refractivity contribution in [1.29, 1.82) is 0 Å². The predicted octanol–water partition coefficient (Wildman–Crippen LogP) is 7.68. The van der Waals surface area contributed by atoms with E-state index in [9.17, 15) is 14.9 Å². The molecule has 1 N–H and O–H groups in total. The molecule has 1 aromatic heterocycles. The number of hydrazone groups is 1. The number of pyridine rings is 1. The maximum atomic E-state index is 13.2. The molecule has 0 fully saturated rings. The van der Waals surface area contributed by atoms with Crippen molar-refractivity contribution in [2.45, 2.75) is 6.61 Å². The summed E-state index contributed by atoms with van der Waals surface area (Å²) in [6.07, 6.45) is 1.53. The van der Waals surface area contributed by atoms with Gasteiger partial charge in [-0.3, -0.25) is 14.9 Å². The number of non-ortho nitro benzene ring substituents is 1. The molecule has 10 heteroatoms. The number of para-hydroxylation sites is 1. The molecule has 1 heterocycles. The lowest BCUT2D eigenvalue weighted by atomic mass is 10.0. The highest BCUT2D eigenvalue weighted by Crippen LogP contribution is 2.35. The number of hydrogen-bond acceptors (Lipinski definition) is 6. The Kier molecular flexibility index (Phi) is 8.28. The molecule has 0 aliphatic heterocycles. The van der Waals surface area contributed by atoms with Crippen molar-refractivity contribution in [1.82, 2.24) is 10.4 Å². The normalized spacial score (nSPS) is 11.1. The second-order valence-corrected chi connectivity index (χ2v) is 10.4. The predicted molar refractivity (Wildman–Crippen MR) is 162 cm³/mol. The molecule has 0 spiro atoms. The topological polar surface area (TPSA) is 107 Å². The first kappa shape index (κ1) is 27.2. The number of nitro benzene ring substituents is 1. The summed E-state index contributed by atoms with van der Waals surface area (Å²) < 4.78 is 7.19. The number of amides is 1. The Bertz CT molecular complexity index is 1740. The van der Waals surface area contributed by atoms with E-state index in [0.29, 0.717) is 42.6 Å². The summed E-state index contributed by atoms with van der Waals surface area (Å²) in [5.41, 5.74) is 6.78. The Morgan fingerprint density at radius 1 is 0.950 bits per heavy atom. The maximum absolute atomic E-state index is 13.2. The van der Waals surface area contributed by atoms with E-state index in [-0.39, 0.29) is 18.2 Å². The van der Waals surface area contributed by atoms with E-state index in [2.05, 4.69) is 42.4 Å². The fourth-order valence-corrected chi connectivity index (χ4v) is 5.50. The first-order chi connectivity index (χ1) is 19.4. The van der Waals surface area contributed by atoms with Gasteiger partial charge in [0.2, 0.25) is 0 Å². The van der Waals surface area contributed by atoms with Gasteiger partial charge in [-0.2, -0.15) is 5.10 Å². The summed E-state index contributed by atoms with van der Waals surface area (Å²) in [7, 11) is 0. The number of fused-ring (bicyclic) bond motifs is 1. The van der Waals surface area contributed by atoms with Gasteiger partial charge in [-0.25, -0.2) is 10.4 Å². The monoisotopic (exact) mass is 658 g/mol. The fraction of sp³-hybridized carbons (Fsp3) is 0.0333. The lowest BCUT2D eigenvalue weighted by molar-refractivity contribution is -0.384. The van der Waals surface area contributed by atoms with Crippen LogP contribution in [0.3, 0.4) is 0 Å². The molecule has 5 aromatic rings. The Balaban J connectivity index is 1.31. The summed E-state index contributed by atoms with van der Waals surface area (Å²) >= 11 is 7.01. The minimum atomic E-state index is -0.443. The van der Waals surface area contributed by atoms with Crippen molar-refractivity contribution >= 4 is 60.6 Å². The highest BCUT2D eigenvalue weighted by atomic mass is 79.9. The zero-order valence-electron chi connectivity index (χ0n) is 20.8. The van der Waals surface area contributed by atoms with Crippen LogP contribution in [-0.2, 0) is 6.61 Å². The summed E-state index contributed by atoms with van der Waals surface area (Å²) in [5, 5.41) is 15.9. The minimum Gasteiger partial charge on any atom is -0.487 e. The van der Waals surface area contributed by atoms with Crippen molar-refractivity contribution in [2.24, 2.45) is 5.10 Å². The second-order valence-electron chi connectivity index (χ2n) is 8.67. The van der Waals surface area contributed by atoms with Crippen LogP contribution in [0.25, 0.3) is 22.2 Å². The Labute approximate surface area is 246 Å². The molecule has 1 amide bonds. The number of nitrogens with zero attached hydrogens (tertiary/aromatic N) is 3. The first-order valence-electron chi connectivity index (χ1n) is 12.0. The highest BCUT2D eigenvalue weighted by molar-refractivity contribution is 9.11. The van der Waals surface area contributed by atoms with Crippen LogP contribution in [0.4, 0.5) is 5.69 Å². The van der Waals surface area contributed by atoms with Gasteiger partial charge in [-0.1, -0.05) is 60.7 Å². The largest absolute Gasteiger partial charge is 0.487 e. The summed E-state index contributed by atoms with van der Waals surface area (Å²) in [4.78, 5) is 28.5. The van der Waals surface area contributed by atoms with E-state index in [1.165, 1.54) is 18.3 Å². The number of ether oxygens (including phenoxy) is 1. The average Bonchev–Trinajstić information content (AvgIpc) is 2.96. The zero-order chi connectivity index (χ0) is 28.1. The number of nitro groups is 1. The van der Waals surface area contributed by atoms with Gasteiger partial charge in [0.15, 0.2) is 0 Å². The van der Waals surface area contributed by atoms with Gasteiger partial charge in [0.25, 0.3) is 11.6 Å². The van der Waals surface area contributed by atoms with Crippen LogP contribution >= 0.6 is 31.9 Å². The summed E-state index contributed by atoms with van der Waals surface area (Å²) in [6, 6.07) is 28.8. The van der Waals surface area contributed by atoms with Crippen LogP contribution in [0.5, 0.6) is 5.75 Å². The number of carbonyl (C=O) groups is 1. The molecule has 0 aliphatic carbocycles. The van der Waals surface area contributed by atoms with Crippen molar-refractivity contribution in [3.05, 3.63) is 133 Å². The van der Waals surface area contributed by atoms with Crippen LogP contribution < -0.4 is 10.2 Å². The molecule has 0 unspecified atom stereocenters. The van der Waals surface area contributed by atoms with Gasteiger partial charge in [0, 0.05) is 23.1 Å². The Morgan fingerprint density at radius 2 is 1.68 bits per heavy atom. The molecule has 198 valence electrons. The molecule has 0 radical (unpaired) electrons. The number of nitrogens with one attached hydrogen (secondary N) is 1. The molecule has 0 saturated carbocycles. The van der Waals surface area contributed by atoms with Gasteiger partial charge >= 0.3 is 0 Å². The SMILES string of the molecule is O=C(N/N=C/c1cc(Br)c(OCc2cccc([N+](=O)[O-])c2)c(Br)c1)c1cc(-c2ccccc2)nc2ccccc12. The number of aromatic nitrogens is 1. The van der Waals surface area contributed by atoms with Crippen molar-refractivity contribution in [3.63, 3.8) is 0 Å². The fourth-order valence-electron chi connectivity index (χ4n) is 4.05. The van der Waals surface area contributed by atoms with Crippen LogP contribution in [0.15, 0.2) is 111 Å². The number of rotatable bonds is 8. The zero-order valence-corrected chi connectivity index (χ0v) is 23.9. The van der Waals surface area contributed by atoms with Gasteiger partial charge in [-0.15, -0.1) is 0 Å². The minimum absolute atomic E-state index is 0.00360. The second kappa shape index (κ2) is 12.2. The van der Waals surface area contributed by atoms with E-state index in [0.717, 1.165) is 10.9 Å². The number of hydrogen-bond donors (Lipinski definition) is 1. The lowest BCUT2D eigenvalue weighted by Crippen LogP contribution is -2.18. The van der Waals surface area contributed by atoms with E-state index in [1.807, 2.05) is 54.6 Å². The average molecular weight is 660 g/mol. The van der Waals surface area contributed by atoms with E-state index >= 15 is 0 Å². The molecular weight excluding hydrogens is 640 g/mol. The molecule has 40 heavy (non-hydrogen) atoms. The Morgan fingerprint density at radius 3 is 2.42 bits per heavy atom. The molecule has 0 aliphatic rings. The Hall–Kier alpha value is -4.41. The standard InChI is InChI=1S/C30H20Br2N4O4/c31-25-14-20(15-26(32)29(25)40-18-19-7-6-10-22(13-19)36(38)39)17-33-35-30(37)24-16-28(21-8-2-1-3-9-21)34-27-12-5-4-11-23(24)27/h1-17H,18H2,(H,35,37)/b33-17+. The highest BCUT2D eigenvalue weighted by Gasteiger charge is 2.14. The van der Waals surface area contributed by atoms with Crippen molar-refractivity contribution in [2.75, 3.05) is 0 Å². The van der Waals surface area contributed by atoms with E-state index in [1.54, 1.807) is 30.3 Å². The molecule has 0 bridgehead atoms. The van der Waals surface area contributed by atoms with E-state index < -0.39 is 4.92 Å². The molecular formula is C30H20Br2N4O4. The molecule has 0 saturated heterocycles. The number of halogens is 2. The molecule has 4 aromatic carbocycles. The molecule has 5 rings (SSSR count). The van der Waals surface area contributed by atoms with Gasteiger partial charge in [0.1, 0.15) is 12.4 Å². The van der Waals surface area contributed by atoms with Crippen molar-refractivity contribution < 1.29 is 14.5 Å². The quantitative estimate of drug-likeness (QED) is 0.104. The summed E-state index contributed by atoms with van der Waals surface area (Å²) in [5.74, 6) is 0.173. The van der Waals surface area contributed by atoms with E-state index in [4.69, 9.17) is 9.72 Å². The molecule has 0 atom stereocenters. The maximum Gasteiger partial charge on any atom is 0.272 e. The van der Waals surface area contributed by atoms with Crippen LogP contribution in [0.1, 0.15) is 21.5 Å². The van der Waals surface area contributed by atoms with Gasteiger partial charge in [0.05, 0.1) is 36.9 Å². The van der Waals surface area contributed by atoms with Crippen LogP contribution in [-0.4, -0.2) is 22.0 Å². The third kappa shape index (κ3) is 6.24. The number of carbonyl (C=O) groups excluding carboxylic acids is 1. The van der Waals surface area contributed by atoms with Crippen LogP contribution in [0, 0.1) is 10.1 Å². The van der Waals surface area contributed by atoms with Crippen LogP contribution in [0.2, 0.25) is 0 Å².